The van der Waals surface area contributed by atoms with Gasteiger partial charge in [-0.2, -0.15) is 0 Å². The first kappa shape index (κ1) is 14.4. The van der Waals surface area contributed by atoms with Crippen molar-refractivity contribution in [3.8, 4) is 0 Å². The van der Waals surface area contributed by atoms with Gasteiger partial charge in [0.2, 0.25) is 0 Å². The van der Waals surface area contributed by atoms with E-state index < -0.39 is 0 Å². The molecule has 19 heavy (non-hydrogen) atoms. The molecular formula is C16H18ClNS. The van der Waals surface area contributed by atoms with Gasteiger partial charge in [0.1, 0.15) is 0 Å². The Labute approximate surface area is 124 Å². The van der Waals surface area contributed by atoms with Crippen LogP contribution < -0.4 is 5.73 Å². The second kappa shape index (κ2) is 6.47. The molecule has 0 bridgehead atoms. The molecule has 0 aliphatic rings. The van der Waals surface area contributed by atoms with Gasteiger partial charge in [-0.1, -0.05) is 55.4 Å². The van der Waals surface area contributed by atoms with E-state index in [0.29, 0.717) is 12.5 Å². The third kappa shape index (κ3) is 3.53. The fourth-order valence-electron chi connectivity index (χ4n) is 1.88. The highest BCUT2D eigenvalue weighted by Crippen LogP contribution is 2.34. The van der Waals surface area contributed by atoms with Crippen molar-refractivity contribution in [1.82, 2.24) is 0 Å². The summed E-state index contributed by atoms with van der Waals surface area (Å²) < 4.78 is 0. The van der Waals surface area contributed by atoms with Crippen molar-refractivity contribution < 1.29 is 0 Å². The Morgan fingerprint density at radius 3 is 2.37 bits per heavy atom. The average molecular weight is 292 g/mol. The van der Waals surface area contributed by atoms with E-state index in [1.54, 1.807) is 11.8 Å². The fourth-order valence-corrected chi connectivity index (χ4v) is 3.18. The topological polar surface area (TPSA) is 26.0 Å². The van der Waals surface area contributed by atoms with E-state index in [1.165, 1.54) is 10.5 Å². The molecule has 0 radical (unpaired) electrons. The summed E-state index contributed by atoms with van der Waals surface area (Å²) in [7, 11) is 0. The van der Waals surface area contributed by atoms with Gasteiger partial charge in [0.05, 0.1) is 0 Å². The van der Waals surface area contributed by atoms with E-state index in [2.05, 4.69) is 44.2 Å². The van der Waals surface area contributed by atoms with Crippen molar-refractivity contribution in [2.24, 2.45) is 5.73 Å². The molecule has 0 aliphatic carbocycles. The summed E-state index contributed by atoms with van der Waals surface area (Å²) in [6, 6.07) is 14.6. The number of halogens is 1. The van der Waals surface area contributed by atoms with E-state index in [0.717, 1.165) is 15.5 Å². The largest absolute Gasteiger partial charge is 0.326 e. The number of rotatable bonds is 4. The summed E-state index contributed by atoms with van der Waals surface area (Å²) >= 11 is 7.88. The van der Waals surface area contributed by atoms with Crippen molar-refractivity contribution in [2.45, 2.75) is 36.1 Å². The van der Waals surface area contributed by atoms with Crippen LogP contribution in [0, 0.1) is 0 Å². The first-order valence-corrected chi connectivity index (χ1v) is 7.56. The van der Waals surface area contributed by atoms with E-state index >= 15 is 0 Å². The lowest BCUT2D eigenvalue weighted by Crippen LogP contribution is -1.99. The molecule has 0 saturated heterocycles. The molecule has 2 rings (SSSR count). The zero-order valence-electron chi connectivity index (χ0n) is 11.2. The first-order chi connectivity index (χ1) is 9.11. The van der Waals surface area contributed by atoms with Crippen molar-refractivity contribution >= 4 is 23.4 Å². The van der Waals surface area contributed by atoms with Gasteiger partial charge >= 0.3 is 0 Å². The summed E-state index contributed by atoms with van der Waals surface area (Å²) in [5, 5.41) is 0.742. The van der Waals surface area contributed by atoms with Gasteiger partial charge in [0.15, 0.2) is 0 Å². The van der Waals surface area contributed by atoms with Crippen LogP contribution in [0.1, 0.15) is 30.9 Å². The first-order valence-electron chi connectivity index (χ1n) is 6.37. The van der Waals surface area contributed by atoms with Crippen LogP contribution in [-0.2, 0) is 6.54 Å². The van der Waals surface area contributed by atoms with Gasteiger partial charge < -0.3 is 5.73 Å². The summed E-state index contributed by atoms with van der Waals surface area (Å²) in [4.78, 5) is 2.34. The summed E-state index contributed by atoms with van der Waals surface area (Å²) in [5.41, 5.74) is 8.14. The zero-order chi connectivity index (χ0) is 13.8. The van der Waals surface area contributed by atoms with E-state index in [9.17, 15) is 0 Å². The normalized spacial score (nSPS) is 11.0. The highest BCUT2D eigenvalue weighted by atomic mass is 35.5. The lowest BCUT2D eigenvalue weighted by atomic mass is 10.0. The molecular weight excluding hydrogens is 274 g/mol. The Morgan fingerprint density at radius 2 is 1.79 bits per heavy atom. The molecule has 0 amide bonds. The van der Waals surface area contributed by atoms with Gasteiger partial charge in [-0.25, -0.2) is 0 Å². The van der Waals surface area contributed by atoms with Crippen molar-refractivity contribution in [3.63, 3.8) is 0 Å². The lowest BCUT2D eigenvalue weighted by Gasteiger charge is -2.10. The minimum absolute atomic E-state index is 0.464. The van der Waals surface area contributed by atoms with E-state index in [4.69, 9.17) is 17.3 Å². The molecule has 2 N–H and O–H groups in total. The van der Waals surface area contributed by atoms with Crippen LogP contribution in [0.5, 0.6) is 0 Å². The standard InChI is InChI=1S/C16H18ClNS/c1-11(2)12-6-8-13(9-7-12)19-16-5-3-4-15(17)14(16)10-18/h3-9,11H,10,18H2,1-2H3. The van der Waals surface area contributed by atoms with Crippen LogP contribution >= 0.6 is 23.4 Å². The van der Waals surface area contributed by atoms with Crippen molar-refractivity contribution in [1.29, 1.82) is 0 Å². The van der Waals surface area contributed by atoms with Crippen molar-refractivity contribution in [3.05, 3.63) is 58.6 Å². The number of benzene rings is 2. The number of hydrogen-bond acceptors (Lipinski definition) is 2. The molecule has 0 aromatic heterocycles. The van der Waals surface area contributed by atoms with Gasteiger partial charge in [0.25, 0.3) is 0 Å². The molecule has 0 atom stereocenters. The summed E-state index contributed by atoms with van der Waals surface area (Å²) in [6.45, 7) is 4.86. The number of nitrogens with two attached hydrogens (primary N) is 1. The Bertz CT molecular complexity index is 549. The second-order valence-corrected chi connectivity index (χ2v) is 6.27. The van der Waals surface area contributed by atoms with Gasteiger partial charge in [-0.15, -0.1) is 0 Å². The minimum atomic E-state index is 0.464. The molecule has 2 aromatic carbocycles. The molecule has 0 spiro atoms. The molecule has 0 aliphatic heterocycles. The molecule has 100 valence electrons. The molecule has 0 heterocycles. The van der Waals surface area contributed by atoms with Crippen molar-refractivity contribution in [2.75, 3.05) is 0 Å². The van der Waals surface area contributed by atoms with Crippen LogP contribution in [0.2, 0.25) is 5.02 Å². The van der Waals surface area contributed by atoms with Crippen LogP contribution in [0.3, 0.4) is 0 Å². The number of hydrogen-bond donors (Lipinski definition) is 1. The summed E-state index contributed by atoms with van der Waals surface area (Å²) in [5.74, 6) is 0.560. The van der Waals surface area contributed by atoms with Crippen LogP contribution in [-0.4, -0.2) is 0 Å². The van der Waals surface area contributed by atoms with Gasteiger partial charge in [-0.3, -0.25) is 0 Å². The second-order valence-electron chi connectivity index (χ2n) is 4.75. The maximum atomic E-state index is 6.17. The minimum Gasteiger partial charge on any atom is -0.326 e. The molecule has 2 aromatic rings. The van der Waals surface area contributed by atoms with Crippen LogP contribution in [0.15, 0.2) is 52.3 Å². The molecule has 0 unspecified atom stereocenters. The average Bonchev–Trinajstić information content (AvgIpc) is 2.39. The third-order valence-corrected chi connectivity index (χ3v) is 4.52. The predicted molar refractivity (Wildman–Crippen MR) is 84.0 cm³/mol. The van der Waals surface area contributed by atoms with Gasteiger partial charge in [0, 0.05) is 21.4 Å². The maximum absolute atomic E-state index is 6.17. The predicted octanol–water partition coefficient (Wildman–Crippen LogP) is 5.07. The van der Waals surface area contributed by atoms with E-state index in [1.807, 2.05) is 12.1 Å². The Balaban J connectivity index is 2.24. The highest BCUT2D eigenvalue weighted by Gasteiger charge is 2.07. The third-order valence-electron chi connectivity index (χ3n) is 3.05. The lowest BCUT2D eigenvalue weighted by molar-refractivity contribution is 0.865. The van der Waals surface area contributed by atoms with E-state index in [-0.39, 0.29) is 0 Å². The highest BCUT2D eigenvalue weighted by molar-refractivity contribution is 7.99. The Hall–Kier alpha value is -0.960. The molecule has 0 saturated carbocycles. The zero-order valence-corrected chi connectivity index (χ0v) is 12.8. The molecule has 3 heteroatoms. The molecule has 0 fully saturated rings. The smallest absolute Gasteiger partial charge is 0.0462 e. The van der Waals surface area contributed by atoms with Crippen LogP contribution in [0.4, 0.5) is 0 Å². The Kier molecular flexibility index (Phi) is 4.92. The Morgan fingerprint density at radius 1 is 1.11 bits per heavy atom. The van der Waals surface area contributed by atoms with Gasteiger partial charge in [-0.05, 0) is 41.3 Å². The molecule has 1 nitrogen and oxygen atoms in total. The van der Waals surface area contributed by atoms with Crippen LogP contribution in [0.25, 0.3) is 0 Å². The summed E-state index contributed by atoms with van der Waals surface area (Å²) in [6.07, 6.45) is 0. The SMILES string of the molecule is CC(C)c1ccc(Sc2cccc(Cl)c2CN)cc1. The fraction of sp³-hybridized carbons (Fsp3) is 0.250. The monoisotopic (exact) mass is 291 g/mol. The maximum Gasteiger partial charge on any atom is 0.0462 e. The quantitative estimate of drug-likeness (QED) is 0.851.